The molecule has 0 aromatic heterocycles. The highest BCUT2D eigenvalue weighted by Crippen LogP contribution is 2.23. The summed E-state index contributed by atoms with van der Waals surface area (Å²) in [5.74, 6) is 1.72. The fraction of sp³-hybridized carbons (Fsp3) is 0.588. The standard InChI is InChI=1S/C17H26N2O2/c1-12(2)15-4-6-16(7-5-15)21-11-17(20)19-10-14(9-18)8-13(19)3/h4-7,12-14H,8-11,18H2,1-3H3. The van der Waals surface area contributed by atoms with Crippen molar-refractivity contribution in [3.63, 3.8) is 0 Å². The molecule has 2 unspecified atom stereocenters. The van der Waals surface area contributed by atoms with Gasteiger partial charge in [0.05, 0.1) is 0 Å². The summed E-state index contributed by atoms with van der Waals surface area (Å²) in [7, 11) is 0. The van der Waals surface area contributed by atoms with Gasteiger partial charge in [-0.15, -0.1) is 0 Å². The molecule has 1 aromatic rings. The minimum Gasteiger partial charge on any atom is -0.484 e. The minimum atomic E-state index is 0.0476. The molecule has 116 valence electrons. The fourth-order valence-electron chi connectivity index (χ4n) is 2.84. The maximum Gasteiger partial charge on any atom is 0.260 e. The fourth-order valence-corrected chi connectivity index (χ4v) is 2.84. The Morgan fingerprint density at radius 1 is 1.38 bits per heavy atom. The van der Waals surface area contributed by atoms with E-state index in [4.69, 9.17) is 10.5 Å². The highest BCUT2D eigenvalue weighted by molar-refractivity contribution is 5.78. The average Bonchev–Trinajstić information content (AvgIpc) is 2.86. The second-order valence-corrected chi connectivity index (χ2v) is 6.24. The minimum absolute atomic E-state index is 0.0476. The summed E-state index contributed by atoms with van der Waals surface area (Å²) in [4.78, 5) is 14.1. The van der Waals surface area contributed by atoms with E-state index in [9.17, 15) is 4.79 Å². The Morgan fingerprint density at radius 2 is 2.05 bits per heavy atom. The first-order valence-electron chi connectivity index (χ1n) is 7.73. The maximum atomic E-state index is 12.2. The van der Waals surface area contributed by atoms with E-state index in [0.717, 1.165) is 18.7 Å². The molecule has 0 radical (unpaired) electrons. The van der Waals surface area contributed by atoms with Gasteiger partial charge in [0, 0.05) is 12.6 Å². The quantitative estimate of drug-likeness (QED) is 0.906. The molecule has 2 rings (SSSR count). The van der Waals surface area contributed by atoms with Crippen molar-refractivity contribution in [3.8, 4) is 5.75 Å². The molecule has 2 atom stereocenters. The molecule has 2 N–H and O–H groups in total. The van der Waals surface area contributed by atoms with Crippen LogP contribution in [0.2, 0.25) is 0 Å². The van der Waals surface area contributed by atoms with Gasteiger partial charge in [0.15, 0.2) is 6.61 Å². The van der Waals surface area contributed by atoms with Gasteiger partial charge in [-0.1, -0.05) is 26.0 Å². The van der Waals surface area contributed by atoms with Gasteiger partial charge in [-0.25, -0.2) is 0 Å². The number of nitrogens with two attached hydrogens (primary N) is 1. The Labute approximate surface area is 127 Å². The number of rotatable bonds is 5. The van der Waals surface area contributed by atoms with Crippen LogP contribution in [0.3, 0.4) is 0 Å². The van der Waals surface area contributed by atoms with E-state index in [0.29, 0.717) is 18.4 Å². The van der Waals surface area contributed by atoms with Gasteiger partial charge in [-0.05, 0) is 49.4 Å². The topological polar surface area (TPSA) is 55.6 Å². The molecule has 1 aliphatic heterocycles. The number of ether oxygens (including phenoxy) is 1. The molecular formula is C17H26N2O2. The van der Waals surface area contributed by atoms with Gasteiger partial charge in [0.2, 0.25) is 0 Å². The third kappa shape index (κ3) is 3.97. The SMILES string of the molecule is CC(C)c1ccc(OCC(=O)N2CC(CN)CC2C)cc1. The predicted molar refractivity (Wildman–Crippen MR) is 84.4 cm³/mol. The van der Waals surface area contributed by atoms with E-state index in [2.05, 4.69) is 20.8 Å². The molecule has 1 aromatic carbocycles. The molecule has 4 nitrogen and oxygen atoms in total. The molecule has 1 aliphatic rings. The summed E-state index contributed by atoms with van der Waals surface area (Å²) in [5.41, 5.74) is 6.96. The number of carbonyl (C=O) groups excluding carboxylic acids is 1. The van der Waals surface area contributed by atoms with Crippen LogP contribution >= 0.6 is 0 Å². The first-order chi connectivity index (χ1) is 10.0. The lowest BCUT2D eigenvalue weighted by atomic mass is 10.0. The number of carbonyl (C=O) groups is 1. The second kappa shape index (κ2) is 6.94. The van der Waals surface area contributed by atoms with Crippen LogP contribution in [0.5, 0.6) is 5.75 Å². The lowest BCUT2D eigenvalue weighted by molar-refractivity contribution is -0.134. The Balaban J connectivity index is 1.86. The summed E-state index contributed by atoms with van der Waals surface area (Å²) in [6.07, 6.45) is 0.991. The Bertz CT molecular complexity index is 470. The third-order valence-electron chi connectivity index (χ3n) is 4.22. The summed E-state index contributed by atoms with van der Waals surface area (Å²) < 4.78 is 5.61. The normalized spacial score (nSPS) is 21.9. The first-order valence-corrected chi connectivity index (χ1v) is 7.73. The van der Waals surface area contributed by atoms with Crippen molar-refractivity contribution in [3.05, 3.63) is 29.8 Å². The Hall–Kier alpha value is -1.55. The molecule has 1 fully saturated rings. The zero-order valence-corrected chi connectivity index (χ0v) is 13.2. The molecule has 4 heteroatoms. The molecular weight excluding hydrogens is 264 g/mol. The van der Waals surface area contributed by atoms with Crippen molar-refractivity contribution < 1.29 is 9.53 Å². The van der Waals surface area contributed by atoms with Crippen molar-refractivity contribution in [1.29, 1.82) is 0 Å². The van der Waals surface area contributed by atoms with Crippen LogP contribution in [0.25, 0.3) is 0 Å². The van der Waals surface area contributed by atoms with Crippen LogP contribution < -0.4 is 10.5 Å². The van der Waals surface area contributed by atoms with Crippen molar-refractivity contribution in [2.24, 2.45) is 11.7 Å². The molecule has 0 saturated carbocycles. The van der Waals surface area contributed by atoms with E-state index < -0.39 is 0 Å². The van der Waals surface area contributed by atoms with Crippen LogP contribution in [-0.2, 0) is 4.79 Å². The van der Waals surface area contributed by atoms with Crippen molar-refractivity contribution >= 4 is 5.91 Å². The molecule has 21 heavy (non-hydrogen) atoms. The highest BCUT2D eigenvalue weighted by Gasteiger charge is 2.31. The number of nitrogens with zero attached hydrogens (tertiary/aromatic N) is 1. The average molecular weight is 290 g/mol. The van der Waals surface area contributed by atoms with Crippen LogP contribution in [0.1, 0.15) is 38.7 Å². The zero-order chi connectivity index (χ0) is 15.4. The van der Waals surface area contributed by atoms with E-state index in [-0.39, 0.29) is 18.6 Å². The molecule has 1 saturated heterocycles. The Kier molecular flexibility index (Phi) is 5.23. The smallest absolute Gasteiger partial charge is 0.260 e. The number of hydrogen-bond acceptors (Lipinski definition) is 3. The number of likely N-dealkylation sites (tertiary alicyclic amines) is 1. The van der Waals surface area contributed by atoms with Gasteiger partial charge < -0.3 is 15.4 Å². The van der Waals surface area contributed by atoms with Gasteiger partial charge in [0.25, 0.3) is 5.91 Å². The van der Waals surface area contributed by atoms with Gasteiger partial charge in [-0.3, -0.25) is 4.79 Å². The third-order valence-corrected chi connectivity index (χ3v) is 4.22. The summed E-state index contributed by atoms with van der Waals surface area (Å²) in [6, 6.07) is 8.22. The van der Waals surface area contributed by atoms with Gasteiger partial charge >= 0.3 is 0 Å². The van der Waals surface area contributed by atoms with E-state index >= 15 is 0 Å². The first kappa shape index (κ1) is 15.8. The molecule has 1 heterocycles. The number of hydrogen-bond donors (Lipinski definition) is 1. The monoisotopic (exact) mass is 290 g/mol. The summed E-state index contributed by atoms with van der Waals surface area (Å²) >= 11 is 0. The molecule has 1 amide bonds. The van der Waals surface area contributed by atoms with E-state index in [1.54, 1.807) is 0 Å². The number of amides is 1. The summed E-state index contributed by atoms with van der Waals surface area (Å²) in [6.45, 7) is 7.88. The lowest BCUT2D eigenvalue weighted by Crippen LogP contribution is -2.37. The van der Waals surface area contributed by atoms with Crippen LogP contribution in [0.4, 0.5) is 0 Å². The predicted octanol–water partition coefficient (Wildman–Crippen LogP) is 2.38. The molecule has 0 bridgehead atoms. The van der Waals surface area contributed by atoms with E-state index in [1.807, 2.05) is 29.2 Å². The maximum absolute atomic E-state index is 12.2. The highest BCUT2D eigenvalue weighted by atomic mass is 16.5. The van der Waals surface area contributed by atoms with Crippen molar-refractivity contribution in [2.45, 2.75) is 39.2 Å². The molecule has 0 aliphatic carbocycles. The van der Waals surface area contributed by atoms with Crippen LogP contribution in [0.15, 0.2) is 24.3 Å². The van der Waals surface area contributed by atoms with E-state index in [1.165, 1.54) is 5.56 Å². The van der Waals surface area contributed by atoms with Gasteiger partial charge in [-0.2, -0.15) is 0 Å². The number of benzene rings is 1. The van der Waals surface area contributed by atoms with Crippen molar-refractivity contribution in [1.82, 2.24) is 4.90 Å². The second-order valence-electron chi connectivity index (χ2n) is 6.24. The lowest BCUT2D eigenvalue weighted by Gasteiger charge is -2.21. The Morgan fingerprint density at radius 3 is 2.57 bits per heavy atom. The van der Waals surface area contributed by atoms with Crippen LogP contribution in [-0.4, -0.2) is 36.5 Å². The van der Waals surface area contributed by atoms with Gasteiger partial charge in [0.1, 0.15) is 5.75 Å². The van der Waals surface area contributed by atoms with Crippen LogP contribution in [0, 0.1) is 5.92 Å². The molecule has 0 spiro atoms. The summed E-state index contributed by atoms with van der Waals surface area (Å²) in [5, 5.41) is 0. The largest absolute Gasteiger partial charge is 0.484 e. The zero-order valence-electron chi connectivity index (χ0n) is 13.2. The van der Waals surface area contributed by atoms with Crippen molar-refractivity contribution in [2.75, 3.05) is 19.7 Å².